The lowest BCUT2D eigenvalue weighted by molar-refractivity contribution is 0.0725. The highest BCUT2D eigenvalue weighted by molar-refractivity contribution is 5.97. The Balaban J connectivity index is 1.46. The van der Waals surface area contributed by atoms with Gasteiger partial charge in [0.2, 0.25) is 0 Å². The minimum Gasteiger partial charge on any atom is -0.461 e. The molecule has 3 heterocycles. The third kappa shape index (κ3) is 3.29. The van der Waals surface area contributed by atoms with Gasteiger partial charge in [-0.2, -0.15) is 0 Å². The Kier molecular flexibility index (Phi) is 4.50. The molecule has 134 valence electrons. The number of furan rings is 1. The third-order valence-corrected chi connectivity index (χ3v) is 5.19. The van der Waals surface area contributed by atoms with E-state index in [9.17, 15) is 9.90 Å². The summed E-state index contributed by atoms with van der Waals surface area (Å²) in [5, 5.41) is 11.0. The second-order valence-electron chi connectivity index (χ2n) is 6.96. The zero-order chi connectivity index (χ0) is 17.4. The zero-order valence-electron chi connectivity index (χ0n) is 14.5. The predicted octanol–water partition coefficient (Wildman–Crippen LogP) is 1.65. The standard InChI is InChI=1S/C19H24N2O4/c1-13-9-15-10-14(3-4-18(15)25-13)19(23)21-6-2-5-20(7-8-21)16-11-24-12-17(16)22/h3-4,9-10,16-17,22H,2,5-8,11-12H2,1H3/t16-,17-/m0/s1. The number of aliphatic hydroxyl groups excluding tert-OH is 1. The number of aryl methyl sites for hydroxylation is 1. The molecule has 1 amide bonds. The number of amides is 1. The van der Waals surface area contributed by atoms with Crippen LogP contribution in [0.3, 0.4) is 0 Å². The largest absolute Gasteiger partial charge is 0.461 e. The van der Waals surface area contributed by atoms with Crippen molar-refractivity contribution in [3.05, 3.63) is 35.6 Å². The molecule has 0 unspecified atom stereocenters. The van der Waals surface area contributed by atoms with E-state index in [1.54, 1.807) is 0 Å². The van der Waals surface area contributed by atoms with Crippen molar-refractivity contribution in [2.45, 2.75) is 25.5 Å². The molecule has 1 N–H and O–H groups in total. The minimum absolute atomic E-state index is 0.0558. The summed E-state index contributed by atoms with van der Waals surface area (Å²) in [6.45, 7) is 5.95. The molecule has 2 aromatic rings. The maximum Gasteiger partial charge on any atom is 0.253 e. The number of carbonyl (C=O) groups excluding carboxylic acids is 1. The Morgan fingerprint density at radius 1 is 1.16 bits per heavy atom. The number of ether oxygens (including phenoxy) is 1. The quantitative estimate of drug-likeness (QED) is 0.897. The van der Waals surface area contributed by atoms with Gasteiger partial charge in [0.05, 0.1) is 25.4 Å². The molecule has 6 heteroatoms. The van der Waals surface area contributed by atoms with Crippen LogP contribution >= 0.6 is 0 Å². The summed E-state index contributed by atoms with van der Waals surface area (Å²) in [6.07, 6.45) is 0.483. The van der Waals surface area contributed by atoms with Crippen molar-refractivity contribution in [2.24, 2.45) is 0 Å². The number of aliphatic hydroxyl groups is 1. The molecule has 0 bridgehead atoms. The van der Waals surface area contributed by atoms with E-state index in [-0.39, 0.29) is 11.9 Å². The second-order valence-corrected chi connectivity index (χ2v) is 6.96. The molecule has 6 nitrogen and oxygen atoms in total. The van der Waals surface area contributed by atoms with Gasteiger partial charge < -0.3 is 19.2 Å². The molecule has 2 aliphatic rings. The van der Waals surface area contributed by atoms with Crippen LogP contribution in [0.5, 0.6) is 0 Å². The van der Waals surface area contributed by atoms with Crippen molar-refractivity contribution in [3.8, 4) is 0 Å². The number of rotatable bonds is 2. The summed E-state index contributed by atoms with van der Waals surface area (Å²) in [5.74, 6) is 0.910. The van der Waals surface area contributed by atoms with Crippen molar-refractivity contribution in [1.29, 1.82) is 0 Å². The SMILES string of the molecule is Cc1cc2cc(C(=O)N3CCCN([C@H]4COC[C@@H]4O)CC3)ccc2o1. The molecule has 1 aromatic carbocycles. The maximum absolute atomic E-state index is 12.9. The van der Waals surface area contributed by atoms with Gasteiger partial charge in [-0.25, -0.2) is 0 Å². The van der Waals surface area contributed by atoms with Crippen molar-refractivity contribution in [1.82, 2.24) is 9.80 Å². The Bertz CT molecular complexity index is 772. The topological polar surface area (TPSA) is 66.2 Å². The average Bonchev–Trinajstić information content (AvgIpc) is 3.10. The normalized spacial score (nSPS) is 25.4. The molecule has 25 heavy (non-hydrogen) atoms. The lowest BCUT2D eigenvalue weighted by Gasteiger charge is -2.28. The van der Waals surface area contributed by atoms with E-state index in [4.69, 9.17) is 9.15 Å². The molecule has 0 aliphatic carbocycles. The predicted molar refractivity (Wildman–Crippen MR) is 93.7 cm³/mol. The smallest absolute Gasteiger partial charge is 0.253 e. The summed E-state index contributed by atoms with van der Waals surface area (Å²) in [6, 6.07) is 7.63. The fraction of sp³-hybridized carbons (Fsp3) is 0.526. The van der Waals surface area contributed by atoms with E-state index < -0.39 is 6.10 Å². The van der Waals surface area contributed by atoms with Crippen LogP contribution in [0, 0.1) is 6.92 Å². The van der Waals surface area contributed by atoms with Crippen LogP contribution in [0.15, 0.2) is 28.7 Å². The van der Waals surface area contributed by atoms with Crippen LogP contribution < -0.4 is 0 Å². The number of hydrogen-bond donors (Lipinski definition) is 1. The van der Waals surface area contributed by atoms with Gasteiger partial charge >= 0.3 is 0 Å². The van der Waals surface area contributed by atoms with Gasteiger partial charge in [0.1, 0.15) is 11.3 Å². The Morgan fingerprint density at radius 2 is 2.04 bits per heavy atom. The maximum atomic E-state index is 12.9. The van der Waals surface area contributed by atoms with Gasteiger partial charge in [-0.1, -0.05) is 0 Å². The fourth-order valence-electron chi connectivity index (χ4n) is 3.84. The zero-order valence-corrected chi connectivity index (χ0v) is 14.5. The summed E-state index contributed by atoms with van der Waals surface area (Å²) < 4.78 is 11.0. The monoisotopic (exact) mass is 344 g/mol. The van der Waals surface area contributed by atoms with Gasteiger partial charge in [-0.15, -0.1) is 0 Å². The summed E-state index contributed by atoms with van der Waals surface area (Å²) in [7, 11) is 0. The van der Waals surface area contributed by atoms with E-state index in [0.717, 1.165) is 42.8 Å². The number of benzene rings is 1. The molecule has 0 spiro atoms. The Labute approximate surface area is 146 Å². The average molecular weight is 344 g/mol. The highest BCUT2D eigenvalue weighted by Gasteiger charge is 2.33. The van der Waals surface area contributed by atoms with Gasteiger partial charge in [0.15, 0.2) is 0 Å². The van der Waals surface area contributed by atoms with E-state index in [2.05, 4.69) is 4.90 Å². The van der Waals surface area contributed by atoms with E-state index >= 15 is 0 Å². The van der Waals surface area contributed by atoms with Crippen molar-refractivity contribution >= 4 is 16.9 Å². The van der Waals surface area contributed by atoms with Crippen molar-refractivity contribution in [2.75, 3.05) is 39.4 Å². The third-order valence-electron chi connectivity index (χ3n) is 5.19. The first-order valence-corrected chi connectivity index (χ1v) is 8.91. The first-order valence-electron chi connectivity index (χ1n) is 8.91. The lowest BCUT2D eigenvalue weighted by atomic mass is 10.1. The molecule has 0 radical (unpaired) electrons. The highest BCUT2D eigenvalue weighted by atomic mass is 16.5. The molecule has 2 atom stereocenters. The first-order chi connectivity index (χ1) is 12.1. The van der Waals surface area contributed by atoms with Gasteiger partial charge in [-0.05, 0) is 37.6 Å². The van der Waals surface area contributed by atoms with Crippen LogP contribution in [0.2, 0.25) is 0 Å². The summed E-state index contributed by atoms with van der Waals surface area (Å²) in [4.78, 5) is 17.1. The van der Waals surface area contributed by atoms with Crippen LogP contribution in [0.4, 0.5) is 0 Å². The fourth-order valence-corrected chi connectivity index (χ4v) is 3.84. The highest BCUT2D eigenvalue weighted by Crippen LogP contribution is 2.22. The van der Waals surface area contributed by atoms with Gasteiger partial charge in [0.25, 0.3) is 5.91 Å². The molecule has 2 fully saturated rings. The van der Waals surface area contributed by atoms with Crippen molar-refractivity contribution < 1.29 is 19.1 Å². The molecule has 4 rings (SSSR count). The van der Waals surface area contributed by atoms with Crippen LogP contribution in [-0.4, -0.2) is 72.4 Å². The minimum atomic E-state index is -0.422. The van der Waals surface area contributed by atoms with Crippen molar-refractivity contribution in [3.63, 3.8) is 0 Å². The summed E-state index contributed by atoms with van der Waals surface area (Å²) in [5.41, 5.74) is 1.51. The van der Waals surface area contributed by atoms with Crippen LogP contribution in [0.25, 0.3) is 11.0 Å². The Morgan fingerprint density at radius 3 is 2.84 bits per heavy atom. The van der Waals surface area contributed by atoms with Crippen LogP contribution in [-0.2, 0) is 4.74 Å². The first kappa shape index (κ1) is 16.6. The van der Waals surface area contributed by atoms with E-state index in [1.165, 1.54) is 0 Å². The van der Waals surface area contributed by atoms with Crippen LogP contribution in [0.1, 0.15) is 22.5 Å². The lowest BCUT2D eigenvalue weighted by Crippen LogP contribution is -2.45. The number of fused-ring (bicyclic) bond motifs is 1. The molecular formula is C19H24N2O4. The molecule has 2 aliphatic heterocycles. The summed E-state index contributed by atoms with van der Waals surface area (Å²) >= 11 is 0. The Hall–Kier alpha value is -1.89. The molecular weight excluding hydrogens is 320 g/mol. The molecule has 1 aromatic heterocycles. The van der Waals surface area contributed by atoms with E-state index in [0.29, 0.717) is 25.3 Å². The van der Waals surface area contributed by atoms with Gasteiger partial charge in [0, 0.05) is 37.1 Å². The molecule has 0 saturated carbocycles. The van der Waals surface area contributed by atoms with Gasteiger partial charge in [-0.3, -0.25) is 9.69 Å². The number of nitrogens with zero attached hydrogens (tertiary/aromatic N) is 2. The molecule has 2 saturated heterocycles. The second kappa shape index (κ2) is 6.78. The number of hydrogen-bond acceptors (Lipinski definition) is 5. The number of carbonyl (C=O) groups is 1. The van der Waals surface area contributed by atoms with E-state index in [1.807, 2.05) is 36.1 Å².